The number of carboxylic acids is 2. The molecule has 0 saturated carbocycles. The Morgan fingerprint density at radius 3 is 1.83 bits per heavy atom. The Hall–Kier alpha value is -3.99. The third kappa shape index (κ3) is 13.0. The van der Waals surface area contributed by atoms with E-state index in [-0.39, 0.29) is 38.2 Å². The molecular formula is C19H34N8O9. The van der Waals surface area contributed by atoms with Crippen molar-refractivity contribution in [3.8, 4) is 0 Å². The predicted molar refractivity (Wildman–Crippen MR) is 124 cm³/mol. The van der Waals surface area contributed by atoms with E-state index in [2.05, 4.69) is 20.9 Å². The lowest BCUT2D eigenvalue weighted by molar-refractivity contribution is -0.143. The number of nitrogens with two attached hydrogens (primary N) is 4. The first-order valence-electron chi connectivity index (χ1n) is 10.8. The lowest BCUT2D eigenvalue weighted by atomic mass is 10.1. The number of guanidine groups is 1. The molecule has 14 N–H and O–H groups in total. The van der Waals surface area contributed by atoms with E-state index in [9.17, 15) is 39.0 Å². The van der Waals surface area contributed by atoms with Crippen LogP contribution in [0.5, 0.6) is 0 Å². The van der Waals surface area contributed by atoms with Crippen molar-refractivity contribution in [3.05, 3.63) is 0 Å². The van der Waals surface area contributed by atoms with Crippen LogP contribution in [0.3, 0.4) is 0 Å². The van der Waals surface area contributed by atoms with Crippen molar-refractivity contribution < 1.29 is 44.1 Å². The van der Waals surface area contributed by atoms with Crippen LogP contribution in [-0.4, -0.2) is 93.7 Å². The number of carbonyl (C=O) groups is 6. The predicted octanol–water partition coefficient (Wildman–Crippen LogP) is -4.97. The molecule has 36 heavy (non-hydrogen) atoms. The zero-order chi connectivity index (χ0) is 28.0. The SMILES string of the molecule is CC(O)C(N)C(=O)NC(CC(=O)O)C(=O)NC(CCCN=C(N)N)C(=O)NC(CCC(N)=O)C(=O)O. The van der Waals surface area contributed by atoms with Gasteiger partial charge < -0.3 is 54.2 Å². The minimum atomic E-state index is -1.68. The van der Waals surface area contributed by atoms with Gasteiger partial charge in [-0.2, -0.15) is 0 Å². The number of aliphatic hydroxyl groups is 1. The summed E-state index contributed by atoms with van der Waals surface area (Å²) in [5.41, 5.74) is 21.0. The van der Waals surface area contributed by atoms with Crippen LogP contribution >= 0.6 is 0 Å². The van der Waals surface area contributed by atoms with Gasteiger partial charge in [0.1, 0.15) is 24.2 Å². The summed E-state index contributed by atoms with van der Waals surface area (Å²) in [5.74, 6) is -7.01. The molecule has 0 rings (SSSR count). The fraction of sp³-hybridized carbons (Fsp3) is 0.632. The third-order valence-corrected chi connectivity index (χ3v) is 4.71. The summed E-state index contributed by atoms with van der Waals surface area (Å²) in [7, 11) is 0. The molecule has 0 aliphatic rings. The molecule has 0 aliphatic heterocycles. The minimum Gasteiger partial charge on any atom is -0.481 e. The Morgan fingerprint density at radius 1 is 0.833 bits per heavy atom. The van der Waals surface area contributed by atoms with Crippen LogP contribution in [0.1, 0.15) is 39.0 Å². The van der Waals surface area contributed by atoms with Crippen molar-refractivity contribution in [2.75, 3.05) is 6.54 Å². The van der Waals surface area contributed by atoms with Crippen molar-refractivity contribution in [3.63, 3.8) is 0 Å². The first kappa shape index (κ1) is 32.0. The molecule has 5 unspecified atom stereocenters. The summed E-state index contributed by atoms with van der Waals surface area (Å²) in [6.07, 6.45) is -2.83. The molecule has 0 aromatic carbocycles. The normalized spacial score (nSPS) is 14.8. The molecule has 17 heteroatoms. The Balaban J connectivity index is 5.68. The number of rotatable bonds is 17. The van der Waals surface area contributed by atoms with Gasteiger partial charge in [-0.3, -0.25) is 29.0 Å². The van der Waals surface area contributed by atoms with Crippen LogP contribution in [0.15, 0.2) is 4.99 Å². The summed E-state index contributed by atoms with van der Waals surface area (Å²) in [6, 6.07) is -6.06. The number of hydrogen-bond donors (Lipinski definition) is 10. The first-order valence-corrected chi connectivity index (χ1v) is 10.8. The number of primary amides is 1. The van der Waals surface area contributed by atoms with Crippen LogP contribution in [0, 0.1) is 0 Å². The second-order valence-corrected chi connectivity index (χ2v) is 7.84. The topological polar surface area (TPSA) is 316 Å². The number of aliphatic hydroxyl groups excluding tert-OH is 1. The van der Waals surface area contributed by atoms with Gasteiger partial charge in [-0.05, 0) is 26.2 Å². The van der Waals surface area contributed by atoms with Crippen molar-refractivity contribution >= 4 is 41.5 Å². The van der Waals surface area contributed by atoms with Crippen LogP contribution in [0.2, 0.25) is 0 Å². The highest BCUT2D eigenvalue weighted by Gasteiger charge is 2.32. The van der Waals surface area contributed by atoms with E-state index in [1.165, 1.54) is 6.92 Å². The number of carboxylic acid groups (broad SMARTS) is 2. The second-order valence-electron chi connectivity index (χ2n) is 7.84. The minimum absolute atomic E-state index is 0.0462. The number of amides is 4. The largest absolute Gasteiger partial charge is 0.481 e. The molecule has 0 saturated heterocycles. The van der Waals surface area contributed by atoms with E-state index in [0.29, 0.717) is 0 Å². The Kier molecular flexibility index (Phi) is 14.1. The van der Waals surface area contributed by atoms with Crippen molar-refractivity contribution in [2.24, 2.45) is 27.9 Å². The molecule has 0 heterocycles. The second kappa shape index (κ2) is 15.8. The number of hydrogen-bond acceptors (Lipinski definition) is 9. The molecule has 0 spiro atoms. The standard InChI is InChI=1S/C19H34N8O9/c1-8(28)14(21)17(34)27-11(7-13(30)31)16(33)25-9(3-2-6-24-19(22)23)15(32)26-10(18(35)36)4-5-12(20)29/h8-11,14,28H,2-7,21H2,1H3,(H2,20,29)(H,25,33)(H,26,32)(H,27,34)(H,30,31)(H,35,36)(H4,22,23,24). The number of nitrogens with one attached hydrogen (secondary N) is 3. The van der Waals surface area contributed by atoms with Gasteiger partial charge in [0.25, 0.3) is 0 Å². The molecular weight excluding hydrogens is 484 g/mol. The van der Waals surface area contributed by atoms with Gasteiger partial charge in [-0.25, -0.2) is 4.79 Å². The maximum Gasteiger partial charge on any atom is 0.326 e. The van der Waals surface area contributed by atoms with Gasteiger partial charge in [-0.15, -0.1) is 0 Å². The smallest absolute Gasteiger partial charge is 0.326 e. The van der Waals surface area contributed by atoms with Crippen LogP contribution in [0.4, 0.5) is 0 Å². The molecule has 0 fully saturated rings. The summed E-state index contributed by atoms with van der Waals surface area (Å²) in [6.45, 7) is 1.26. The van der Waals surface area contributed by atoms with Gasteiger partial charge >= 0.3 is 11.9 Å². The lowest BCUT2D eigenvalue weighted by Crippen LogP contribution is -2.58. The Labute approximate surface area is 206 Å². The monoisotopic (exact) mass is 518 g/mol. The number of carbonyl (C=O) groups excluding carboxylic acids is 4. The number of aliphatic imine (C=N–C) groups is 1. The van der Waals surface area contributed by atoms with Gasteiger partial charge in [0.15, 0.2) is 5.96 Å². The number of nitrogens with zero attached hydrogens (tertiary/aromatic N) is 1. The van der Waals surface area contributed by atoms with Crippen molar-refractivity contribution in [1.82, 2.24) is 16.0 Å². The van der Waals surface area contributed by atoms with Crippen molar-refractivity contribution in [2.45, 2.75) is 69.3 Å². The molecule has 0 aromatic rings. The zero-order valence-corrected chi connectivity index (χ0v) is 19.7. The van der Waals surface area contributed by atoms with Gasteiger partial charge in [-0.1, -0.05) is 0 Å². The van der Waals surface area contributed by atoms with E-state index in [1.54, 1.807) is 0 Å². The van der Waals surface area contributed by atoms with E-state index in [4.69, 9.17) is 28.0 Å². The molecule has 4 amide bonds. The number of aliphatic carboxylic acids is 2. The molecule has 0 aromatic heterocycles. The zero-order valence-electron chi connectivity index (χ0n) is 19.7. The maximum atomic E-state index is 12.8. The van der Waals surface area contributed by atoms with Crippen molar-refractivity contribution in [1.29, 1.82) is 0 Å². The maximum absolute atomic E-state index is 12.8. The van der Waals surface area contributed by atoms with Gasteiger partial charge in [0.05, 0.1) is 12.5 Å². The van der Waals surface area contributed by atoms with E-state index >= 15 is 0 Å². The Morgan fingerprint density at radius 2 is 1.36 bits per heavy atom. The lowest BCUT2D eigenvalue weighted by Gasteiger charge is -2.25. The average molecular weight is 519 g/mol. The summed E-state index contributed by atoms with van der Waals surface area (Å²) < 4.78 is 0. The molecule has 17 nitrogen and oxygen atoms in total. The summed E-state index contributed by atoms with van der Waals surface area (Å²) in [5, 5.41) is 34.4. The average Bonchev–Trinajstić information content (AvgIpc) is 2.76. The highest BCUT2D eigenvalue weighted by Crippen LogP contribution is 2.05. The van der Waals surface area contributed by atoms with Crippen LogP contribution in [0.25, 0.3) is 0 Å². The summed E-state index contributed by atoms with van der Waals surface area (Å²) in [4.78, 5) is 75.1. The first-order chi connectivity index (χ1) is 16.6. The molecule has 0 aliphatic carbocycles. The summed E-state index contributed by atoms with van der Waals surface area (Å²) >= 11 is 0. The fourth-order valence-electron chi connectivity index (χ4n) is 2.73. The molecule has 0 bridgehead atoms. The quantitative estimate of drug-likeness (QED) is 0.0491. The third-order valence-electron chi connectivity index (χ3n) is 4.71. The van der Waals surface area contributed by atoms with E-state index < -0.39 is 72.3 Å². The van der Waals surface area contributed by atoms with E-state index in [0.717, 1.165) is 0 Å². The van der Waals surface area contributed by atoms with Crippen LogP contribution < -0.4 is 38.9 Å². The van der Waals surface area contributed by atoms with Gasteiger partial charge in [0.2, 0.25) is 23.6 Å². The van der Waals surface area contributed by atoms with E-state index in [1.807, 2.05) is 0 Å². The highest BCUT2D eigenvalue weighted by molar-refractivity contribution is 5.95. The molecule has 204 valence electrons. The fourth-order valence-corrected chi connectivity index (χ4v) is 2.73. The Bertz CT molecular complexity index is 845. The molecule has 5 atom stereocenters. The highest BCUT2D eigenvalue weighted by atomic mass is 16.4. The van der Waals surface area contributed by atoms with Gasteiger partial charge in [0, 0.05) is 13.0 Å². The van der Waals surface area contributed by atoms with Crippen LogP contribution in [-0.2, 0) is 28.8 Å². The molecule has 0 radical (unpaired) electrons.